The molecule has 4 nitrogen and oxygen atoms in total. The predicted molar refractivity (Wildman–Crippen MR) is 84.2 cm³/mol. The van der Waals surface area contributed by atoms with E-state index in [1.54, 1.807) is 18.2 Å². The minimum atomic E-state index is -0.204. The average Bonchev–Trinajstić information content (AvgIpc) is 2.41. The van der Waals surface area contributed by atoms with E-state index in [0.717, 1.165) is 15.7 Å². The van der Waals surface area contributed by atoms with Gasteiger partial charge in [0.05, 0.1) is 12.8 Å². The van der Waals surface area contributed by atoms with Crippen molar-refractivity contribution < 1.29 is 9.53 Å². The third-order valence-corrected chi connectivity index (χ3v) is 3.42. The van der Waals surface area contributed by atoms with Crippen molar-refractivity contribution in [3.05, 3.63) is 52.0 Å². The second-order valence-electron chi connectivity index (χ2n) is 4.37. The molecule has 0 aromatic heterocycles. The van der Waals surface area contributed by atoms with E-state index in [4.69, 9.17) is 10.5 Å². The number of nitrogen functional groups attached to an aromatic ring is 1. The Labute approximate surface area is 126 Å². The summed E-state index contributed by atoms with van der Waals surface area (Å²) in [7, 11) is 1.54. The van der Waals surface area contributed by atoms with Crippen LogP contribution in [0.25, 0.3) is 0 Å². The summed E-state index contributed by atoms with van der Waals surface area (Å²) in [6.07, 6.45) is 0. The molecule has 3 N–H and O–H groups in total. The van der Waals surface area contributed by atoms with Gasteiger partial charge >= 0.3 is 0 Å². The number of anilines is 2. The molecule has 0 aliphatic rings. The van der Waals surface area contributed by atoms with Crippen molar-refractivity contribution in [1.82, 2.24) is 0 Å². The first-order valence-corrected chi connectivity index (χ1v) is 6.81. The van der Waals surface area contributed by atoms with Crippen LogP contribution in [-0.2, 0) is 0 Å². The van der Waals surface area contributed by atoms with Gasteiger partial charge in [0.15, 0.2) is 0 Å². The van der Waals surface area contributed by atoms with Crippen LogP contribution in [-0.4, -0.2) is 13.0 Å². The average molecular weight is 335 g/mol. The second-order valence-corrected chi connectivity index (χ2v) is 5.29. The maximum atomic E-state index is 12.2. The number of methoxy groups -OCH3 is 1. The molecule has 0 spiro atoms. The van der Waals surface area contributed by atoms with Crippen molar-refractivity contribution in [2.45, 2.75) is 6.92 Å². The van der Waals surface area contributed by atoms with E-state index >= 15 is 0 Å². The molecule has 0 aliphatic carbocycles. The van der Waals surface area contributed by atoms with Gasteiger partial charge in [0, 0.05) is 15.7 Å². The summed E-state index contributed by atoms with van der Waals surface area (Å²) in [5.74, 6) is 0.353. The maximum Gasteiger partial charge on any atom is 0.255 e. The first-order valence-electron chi connectivity index (χ1n) is 6.02. The molecule has 0 saturated heterocycles. The zero-order chi connectivity index (χ0) is 14.7. The Bertz CT molecular complexity index is 656. The summed E-state index contributed by atoms with van der Waals surface area (Å²) >= 11 is 3.39. The summed E-state index contributed by atoms with van der Waals surface area (Å²) in [5.41, 5.74) is 8.48. The Hall–Kier alpha value is -2.01. The number of rotatable bonds is 3. The van der Waals surface area contributed by atoms with Gasteiger partial charge in [-0.3, -0.25) is 4.79 Å². The highest BCUT2D eigenvalue weighted by Gasteiger charge is 2.10. The fraction of sp³-hybridized carbons (Fsp3) is 0.133. The van der Waals surface area contributed by atoms with Crippen LogP contribution < -0.4 is 15.8 Å². The first-order chi connectivity index (χ1) is 9.51. The largest absolute Gasteiger partial charge is 0.495 e. The third kappa shape index (κ3) is 3.11. The smallest absolute Gasteiger partial charge is 0.255 e. The SMILES string of the molecule is COc1ccc(C(=O)Nc2ccc(Br)cc2C)cc1N. The van der Waals surface area contributed by atoms with Gasteiger partial charge in [-0.2, -0.15) is 0 Å². The molecular formula is C15H15BrN2O2. The van der Waals surface area contributed by atoms with Crippen molar-refractivity contribution in [3.8, 4) is 5.75 Å². The highest BCUT2D eigenvalue weighted by atomic mass is 79.9. The molecule has 0 aliphatic heterocycles. The molecule has 20 heavy (non-hydrogen) atoms. The lowest BCUT2D eigenvalue weighted by molar-refractivity contribution is 0.102. The molecule has 0 bridgehead atoms. The van der Waals surface area contributed by atoms with Gasteiger partial charge in [-0.05, 0) is 48.9 Å². The van der Waals surface area contributed by atoms with E-state index in [0.29, 0.717) is 17.0 Å². The van der Waals surface area contributed by atoms with Crippen LogP contribution in [0.2, 0.25) is 0 Å². The molecule has 2 aromatic rings. The second kappa shape index (κ2) is 5.96. The van der Waals surface area contributed by atoms with E-state index in [2.05, 4.69) is 21.2 Å². The van der Waals surface area contributed by atoms with Crippen molar-refractivity contribution in [1.29, 1.82) is 0 Å². The van der Waals surface area contributed by atoms with Crippen molar-refractivity contribution in [2.24, 2.45) is 0 Å². The molecule has 2 rings (SSSR count). The number of carbonyl (C=O) groups excluding carboxylic acids is 1. The molecular weight excluding hydrogens is 320 g/mol. The predicted octanol–water partition coefficient (Wildman–Crippen LogP) is 3.60. The van der Waals surface area contributed by atoms with Gasteiger partial charge in [-0.25, -0.2) is 0 Å². The minimum absolute atomic E-state index is 0.204. The van der Waals surface area contributed by atoms with Crippen LogP contribution in [0, 0.1) is 6.92 Å². The van der Waals surface area contributed by atoms with Crippen LogP contribution in [0.4, 0.5) is 11.4 Å². The molecule has 0 atom stereocenters. The molecule has 0 saturated carbocycles. The third-order valence-electron chi connectivity index (χ3n) is 2.93. The Morgan fingerprint density at radius 1 is 1.25 bits per heavy atom. The van der Waals surface area contributed by atoms with Gasteiger partial charge < -0.3 is 15.8 Å². The van der Waals surface area contributed by atoms with Crippen LogP contribution in [0.1, 0.15) is 15.9 Å². The fourth-order valence-corrected chi connectivity index (χ4v) is 2.31. The Morgan fingerprint density at radius 3 is 2.60 bits per heavy atom. The maximum absolute atomic E-state index is 12.2. The Morgan fingerprint density at radius 2 is 2.00 bits per heavy atom. The van der Waals surface area contributed by atoms with Gasteiger partial charge in [-0.1, -0.05) is 15.9 Å². The molecule has 0 radical (unpaired) electrons. The van der Waals surface area contributed by atoms with Gasteiger partial charge in [0.25, 0.3) is 5.91 Å². The zero-order valence-electron chi connectivity index (χ0n) is 11.2. The molecule has 0 heterocycles. The van der Waals surface area contributed by atoms with Gasteiger partial charge in [0.1, 0.15) is 5.75 Å². The van der Waals surface area contributed by atoms with Crippen LogP contribution in [0.3, 0.4) is 0 Å². The zero-order valence-corrected chi connectivity index (χ0v) is 12.8. The molecule has 1 amide bonds. The number of amides is 1. The fourth-order valence-electron chi connectivity index (χ4n) is 1.84. The van der Waals surface area contributed by atoms with E-state index in [1.165, 1.54) is 7.11 Å². The molecule has 0 unspecified atom stereocenters. The van der Waals surface area contributed by atoms with Gasteiger partial charge in [-0.15, -0.1) is 0 Å². The van der Waals surface area contributed by atoms with E-state index < -0.39 is 0 Å². The number of hydrogen-bond donors (Lipinski definition) is 2. The van der Waals surface area contributed by atoms with Crippen molar-refractivity contribution in [3.63, 3.8) is 0 Å². The highest BCUT2D eigenvalue weighted by Crippen LogP contribution is 2.24. The standard InChI is InChI=1S/C15H15BrN2O2/c1-9-7-11(16)4-5-13(9)18-15(19)10-3-6-14(20-2)12(17)8-10/h3-8H,17H2,1-2H3,(H,18,19). The summed E-state index contributed by atoms with van der Waals surface area (Å²) in [6.45, 7) is 1.93. The summed E-state index contributed by atoms with van der Waals surface area (Å²) < 4.78 is 6.04. The topological polar surface area (TPSA) is 64.3 Å². The number of carbonyl (C=O) groups is 1. The van der Waals surface area contributed by atoms with E-state index in [-0.39, 0.29) is 5.91 Å². The minimum Gasteiger partial charge on any atom is -0.495 e. The Balaban J connectivity index is 2.21. The molecule has 104 valence electrons. The van der Waals surface area contributed by atoms with Gasteiger partial charge in [0.2, 0.25) is 0 Å². The number of halogens is 1. The van der Waals surface area contributed by atoms with Crippen molar-refractivity contribution in [2.75, 3.05) is 18.2 Å². The van der Waals surface area contributed by atoms with Crippen LogP contribution >= 0.6 is 15.9 Å². The summed E-state index contributed by atoms with van der Waals surface area (Å²) in [6, 6.07) is 10.6. The van der Waals surface area contributed by atoms with E-state index in [9.17, 15) is 4.79 Å². The molecule has 5 heteroatoms. The number of nitrogens with two attached hydrogens (primary N) is 1. The quantitative estimate of drug-likeness (QED) is 0.843. The normalized spacial score (nSPS) is 10.2. The van der Waals surface area contributed by atoms with Crippen LogP contribution in [0.5, 0.6) is 5.75 Å². The van der Waals surface area contributed by atoms with E-state index in [1.807, 2.05) is 25.1 Å². The monoisotopic (exact) mass is 334 g/mol. The lowest BCUT2D eigenvalue weighted by Gasteiger charge is -2.10. The lowest BCUT2D eigenvalue weighted by atomic mass is 10.1. The number of ether oxygens (including phenoxy) is 1. The number of benzene rings is 2. The first kappa shape index (κ1) is 14.4. The highest BCUT2D eigenvalue weighted by molar-refractivity contribution is 9.10. The van der Waals surface area contributed by atoms with Crippen LogP contribution in [0.15, 0.2) is 40.9 Å². The number of nitrogens with one attached hydrogen (secondary N) is 1. The summed E-state index contributed by atoms with van der Waals surface area (Å²) in [4.78, 5) is 12.2. The van der Waals surface area contributed by atoms with Crippen molar-refractivity contribution >= 4 is 33.2 Å². The summed E-state index contributed by atoms with van der Waals surface area (Å²) in [5, 5.41) is 2.86. The molecule has 2 aromatic carbocycles. The lowest BCUT2D eigenvalue weighted by Crippen LogP contribution is -2.13. The molecule has 0 fully saturated rings. The number of aryl methyl sites for hydroxylation is 1. The number of hydrogen-bond acceptors (Lipinski definition) is 3. The Kier molecular flexibility index (Phi) is 4.29.